The summed E-state index contributed by atoms with van der Waals surface area (Å²) in [5.74, 6) is -0.0504. The third-order valence-corrected chi connectivity index (χ3v) is 5.23. The normalized spacial score (nSPS) is 22.0. The number of hydrogen-bond acceptors (Lipinski definition) is 4. The van der Waals surface area contributed by atoms with Crippen molar-refractivity contribution in [3.63, 3.8) is 0 Å². The first-order chi connectivity index (χ1) is 13.4. The number of nitrogens with one attached hydrogen (secondary N) is 1. The van der Waals surface area contributed by atoms with E-state index in [0.29, 0.717) is 12.1 Å². The number of anilines is 2. The highest BCUT2D eigenvalue weighted by atomic mass is 16.2. The Bertz CT molecular complexity index is 990. The molecular formula is C22H22N4O2. The maximum absolute atomic E-state index is 12.7. The van der Waals surface area contributed by atoms with E-state index in [0.717, 1.165) is 28.1 Å². The van der Waals surface area contributed by atoms with Crippen LogP contribution in [0.3, 0.4) is 0 Å². The minimum atomic E-state index is -0.149. The molecule has 0 saturated carbocycles. The number of amides is 2. The van der Waals surface area contributed by atoms with Crippen LogP contribution in [-0.2, 0) is 9.59 Å². The molecule has 4 rings (SSSR count). The molecule has 0 saturated heterocycles. The van der Waals surface area contributed by atoms with E-state index in [2.05, 4.69) is 10.5 Å². The average molecular weight is 374 g/mol. The van der Waals surface area contributed by atoms with E-state index < -0.39 is 0 Å². The highest BCUT2D eigenvalue weighted by Gasteiger charge is 2.33. The van der Waals surface area contributed by atoms with E-state index >= 15 is 0 Å². The van der Waals surface area contributed by atoms with Gasteiger partial charge in [-0.2, -0.15) is 5.10 Å². The lowest BCUT2D eigenvalue weighted by molar-refractivity contribution is -0.122. The number of benzene rings is 2. The zero-order valence-corrected chi connectivity index (χ0v) is 15.8. The highest BCUT2D eigenvalue weighted by Crippen LogP contribution is 2.38. The fourth-order valence-corrected chi connectivity index (χ4v) is 3.84. The van der Waals surface area contributed by atoms with Crippen molar-refractivity contribution in [2.75, 3.05) is 10.6 Å². The molecule has 142 valence electrons. The number of hydrazone groups is 1. The van der Waals surface area contributed by atoms with Gasteiger partial charge in [0.1, 0.15) is 0 Å². The van der Waals surface area contributed by atoms with Crippen molar-refractivity contribution in [1.82, 2.24) is 5.43 Å². The molecule has 0 aliphatic carbocycles. The lowest BCUT2D eigenvalue weighted by Gasteiger charge is -2.27. The van der Waals surface area contributed by atoms with Crippen molar-refractivity contribution in [2.45, 2.75) is 26.3 Å². The summed E-state index contributed by atoms with van der Waals surface area (Å²) >= 11 is 0. The molecule has 28 heavy (non-hydrogen) atoms. The molecule has 2 heterocycles. The quantitative estimate of drug-likeness (QED) is 0.809. The van der Waals surface area contributed by atoms with Crippen LogP contribution in [-0.4, -0.2) is 17.5 Å². The Labute approximate surface area is 163 Å². The van der Waals surface area contributed by atoms with E-state index in [-0.39, 0.29) is 23.8 Å². The molecule has 2 aromatic rings. The third-order valence-electron chi connectivity index (χ3n) is 5.23. The Kier molecular flexibility index (Phi) is 4.47. The van der Waals surface area contributed by atoms with Crippen LogP contribution in [0.15, 0.2) is 65.3 Å². The minimum Gasteiger partial charge on any atom is -0.399 e. The van der Waals surface area contributed by atoms with Gasteiger partial charge in [0.15, 0.2) is 0 Å². The van der Waals surface area contributed by atoms with Crippen molar-refractivity contribution in [2.24, 2.45) is 11.0 Å². The Morgan fingerprint density at radius 3 is 2.39 bits per heavy atom. The van der Waals surface area contributed by atoms with Crippen LogP contribution in [0.1, 0.15) is 37.4 Å². The van der Waals surface area contributed by atoms with E-state index in [9.17, 15) is 9.59 Å². The lowest BCUT2D eigenvalue weighted by atomic mass is 9.94. The molecule has 0 fully saturated rings. The smallest absolute Gasteiger partial charge is 0.251 e. The minimum absolute atomic E-state index is 0.0392. The van der Waals surface area contributed by atoms with Crippen molar-refractivity contribution in [3.05, 3.63) is 71.3 Å². The van der Waals surface area contributed by atoms with Gasteiger partial charge >= 0.3 is 0 Å². The Balaban J connectivity index is 1.65. The molecule has 0 bridgehead atoms. The molecule has 2 atom stereocenters. The number of nitrogens with two attached hydrogens (primary N) is 1. The molecule has 2 amide bonds. The molecule has 0 spiro atoms. The maximum atomic E-state index is 12.7. The third kappa shape index (κ3) is 3.17. The summed E-state index contributed by atoms with van der Waals surface area (Å²) in [5.41, 5.74) is 13.7. The second-order valence-electron chi connectivity index (χ2n) is 7.35. The molecular weight excluding hydrogens is 352 g/mol. The molecule has 0 radical (unpaired) electrons. The summed E-state index contributed by atoms with van der Waals surface area (Å²) in [6, 6.07) is 15.2. The fourth-order valence-electron chi connectivity index (χ4n) is 3.84. The maximum Gasteiger partial charge on any atom is 0.251 e. The predicted molar refractivity (Wildman–Crippen MR) is 110 cm³/mol. The summed E-state index contributed by atoms with van der Waals surface area (Å²) in [4.78, 5) is 25.9. The van der Waals surface area contributed by atoms with Crippen molar-refractivity contribution in [3.8, 4) is 0 Å². The monoisotopic (exact) mass is 374 g/mol. The SMILES string of the molecule is CC1=CC(=O)N(c2ccc(C3=NNC(=O)CC3C)cc2)C1c1ccc(N)cc1. The average Bonchev–Trinajstić information content (AvgIpc) is 2.96. The Morgan fingerprint density at radius 1 is 1.07 bits per heavy atom. The number of nitrogens with zero attached hydrogens (tertiary/aromatic N) is 2. The molecule has 0 aromatic heterocycles. The first kappa shape index (κ1) is 18.0. The summed E-state index contributed by atoms with van der Waals surface area (Å²) in [6.45, 7) is 3.95. The summed E-state index contributed by atoms with van der Waals surface area (Å²) in [5, 5.41) is 4.20. The second-order valence-corrected chi connectivity index (χ2v) is 7.35. The van der Waals surface area contributed by atoms with Crippen molar-refractivity contribution in [1.29, 1.82) is 0 Å². The molecule has 2 aliphatic rings. The standard InChI is InChI=1S/C22H22N4O2/c1-13-11-19(27)24-25-21(13)15-5-9-18(10-6-15)26-20(28)12-14(2)22(26)16-3-7-17(23)8-4-16/h3-10,12-13,22H,11,23H2,1-2H3,(H,24,27). The van der Waals surface area contributed by atoms with Gasteiger partial charge in [-0.25, -0.2) is 5.43 Å². The van der Waals surface area contributed by atoms with Crippen molar-refractivity contribution >= 4 is 28.9 Å². The van der Waals surface area contributed by atoms with Crippen LogP contribution in [0.25, 0.3) is 0 Å². The van der Waals surface area contributed by atoms with Crippen LogP contribution in [0.2, 0.25) is 0 Å². The largest absolute Gasteiger partial charge is 0.399 e. The van der Waals surface area contributed by atoms with E-state index in [1.54, 1.807) is 11.0 Å². The number of carbonyl (C=O) groups excluding carboxylic acids is 2. The number of nitrogen functional groups attached to an aromatic ring is 1. The van der Waals surface area contributed by atoms with Crippen LogP contribution in [0.5, 0.6) is 0 Å². The molecule has 3 N–H and O–H groups in total. The van der Waals surface area contributed by atoms with Gasteiger partial charge in [0.05, 0.1) is 11.8 Å². The van der Waals surface area contributed by atoms with Gasteiger partial charge in [-0.3, -0.25) is 14.5 Å². The van der Waals surface area contributed by atoms with Gasteiger partial charge in [0, 0.05) is 29.8 Å². The number of carbonyl (C=O) groups is 2. The molecule has 6 nitrogen and oxygen atoms in total. The van der Waals surface area contributed by atoms with Crippen LogP contribution in [0, 0.1) is 5.92 Å². The molecule has 2 unspecified atom stereocenters. The van der Waals surface area contributed by atoms with Gasteiger partial charge < -0.3 is 5.73 Å². The lowest BCUT2D eigenvalue weighted by Crippen LogP contribution is -2.32. The Morgan fingerprint density at radius 2 is 1.75 bits per heavy atom. The zero-order valence-electron chi connectivity index (χ0n) is 15.8. The molecule has 2 aliphatic heterocycles. The topological polar surface area (TPSA) is 87.8 Å². The van der Waals surface area contributed by atoms with Gasteiger partial charge in [0.25, 0.3) is 5.91 Å². The van der Waals surface area contributed by atoms with Gasteiger partial charge in [-0.1, -0.05) is 31.2 Å². The first-order valence-electron chi connectivity index (χ1n) is 9.27. The van der Waals surface area contributed by atoms with Gasteiger partial charge in [-0.05, 0) is 47.9 Å². The number of hydrogen-bond donors (Lipinski definition) is 2. The van der Waals surface area contributed by atoms with Crippen LogP contribution < -0.4 is 16.1 Å². The van der Waals surface area contributed by atoms with E-state index in [1.165, 1.54) is 0 Å². The number of rotatable bonds is 3. The van der Waals surface area contributed by atoms with E-state index in [1.807, 2.05) is 62.4 Å². The van der Waals surface area contributed by atoms with E-state index in [4.69, 9.17) is 5.73 Å². The summed E-state index contributed by atoms with van der Waals surface area (Å²) < 4.78 is 0. The zero-order chi connectivity index (χ0) is 19.8. The predicted octanol–water partition coefficient (Wildman–Crippen LogP) is 3.16. The molecule has 2 aromatic carbocycles. The fraction of sp³-hybridized carbons (Fsp3) is 0.227. The van der Waals surface area contributed by atoms with Crippen LogP contribution in [0.4, 0.5) is 11.4 Å². The van der Waals surface area contributed by atoms with Crippen molar-refractivity contribution < 1.29 is 9.59 Å². The van der Waals surface area contributed by atoms with Crippen LogP contribution >= 0.6 is 0 Å². The Hall–Kier alpha value is -3.41. The second kappa shape index (κ2) is 6.96. The summed E-state index contributed by atoms with van der Waals surface area (Å²) in [6.07, 6.45) is 2.10. The van der Waals surface area contributed by atoms with Gasteiger partial charge in [-0.15, -0.1) is 0 Å². The first-order valence-corrected chi connectivity index (χ1v) is 9.27. The van der Waals surface area contributed by atoms with Gasteiger partial charge in [0.2, 0.25) is 5.91 Å². The summed E-state index contributed by atoms with van der Waals surface area (Å²) in [7, 11) is 0. The molecule has 6 heteroatoms. The highest BCUT2D eigenvalue weighted by molar-refractivity contribution is 6.08.